The van der Waals surface area contributed by atoms with Crippen LogP contribution in [0.4, 0.5) is 5.69 Å². The van der Waals surface area contributed by atoms with Gasteiger partial charge in [-0.3, -0.25) is 0 Å². The van der Waals surface area contributed by atoms with Gasteiger partial charge in [-0.15, -0.1) is 0 Å². The molecule has 0 bridgehead atoms. The van der Waals surface area contributed by atoms with E-state index in [0.717, 1.165) is 22.0 Å². The lowest BCUT2D eigenvalue weighted by Crippen LogP contribution is -2.51. The molecule has 2 nitrogen and oxygen atoms in total. The van der Waals surface area contributed by atoms with Crippen molar-refractivity contribution < 1.29 is 4.74 Å². The van der Waals surface area contributed by atoms with E-state index in [-0.39, 0.29) is 0 Å². The zero-order valence-corrected chi connectivity index (χ0v) is 11.0. The van der Waals surface area contributed by atoms with E-state index in [2.05, 4.69) is 48.9 Å². The third-order valence-corrected chi connectivity index (χ3v) is 3.31. The van der Waals surface area contributed by atoms with Crippen LogP contribution in [0.15, 0.2) is 27.1 Å². The van der Waals surface area contributed by atoms with Gasteiger partial charge in [0.25, 0.3) is 0 Å². The van der Waals surface area contributed by atoms with Crippen molar-refractivity contribution in [3.05, 3.63) is 27.1 Å². The first-order valence-corrected chi connectivity index (χ1v) is 6.01. The molecule has 0 spiro atoms. The standard InChI is InChI=1S/C10H11Br2NO/c1-14-10-5-13(6-10)9-3-7(11)2-8(12)4-9/h2-4,10H,5-6H2,1H3. The zero-order valence-electron chi connectivity index (χ0n) is 7.84. The molecule has 1 saturated heterocycles. The van der Waals surface area contributed by atoms with Gasteiger partial charge in [-0.2, -0.15) is 0 Å². The Labute approximate surface area is 100 Å². The Kier molecular flexibility index (Phi) is 3.14. The van der Waals surface area contributed by atoms with E-state index in [1.807, 2.05) is 6.07 Å². The highest BCUT2D eigenvalue weighted by Gasteiger charge is 2.26. The number of hydrogen-bond donors (Lipinski definition) is 0. The molecule has 2 rings (SSSR count). The number of hydrogen-bond acceptors (Lipinski definition) is 2. The van der Waals surface area contributed by atoms with E-state index in [1.165, 1.54) is 5.69 Å². The predicted octanol–water partition coefficient (Wildman–Crippen LogP) is 3.05. The summed E-state index contributed by atoms with van der Waals surface area (Å²) in [4.78, 5) is 2.30. The minimum atomic E-state index is 0.396. The Hall–Kier alpha value is -0.0600. The summed E-state index contributed by atoms with van der Waals surface area (Å²) in [5, 5.41) is 0. The summed E-state index contributed by atoms with van der Waals surface area (Å²) in [7, 11) is 1.76. The molecule has 1 fully saturated rings. The third kappa shape index (κ3) is 2.12. The van der Waals surface area contributed by atoms with Gasteiger partial charge in [0.2, 0.25) is 0 Å². The first-order chi connectivity index (χ1) is 6.69. The fourth-order valence-electron chi connectivity index (χ4n) is 1.52. The van der Waals surface area contributed by atoms with Crippen LogP contribution < -0.4 is 4.90 Å². The van der Waals surface area contributed by atoms with Crippen LogP contribution in [0.25, 0.3) is 0 Å². The van der Waals surface area contributed by atoms with Crippen molar-refractivity contribution in [2.24, 2.45) is 0 Å². The van der Waals surface area contributed by atoms with Crippen molar-refractivity contribution in [2.45, 2.75) is 6.10 Å². The van der Waals surface area contributed by atoms with Crippen LogP contribution in [0.2, 0.25) is 0 Å². The number of anilines is 1. The minimum Gasteiger partial charge on any atom is -0.378 e. The molecule has 0 radical (unpaired) electrons. The molecule has 1 aliphatic heterocycles. The van der Waals surface area contributed by atoms with Gasteiger partial charge in [-0.05, 0) is 18.2 Å². The van der Waals surface area contributed by atoms with Gasteiger partial charge in [-0.1, -0.05) is 31.9 Å². The Morgan fingerprint density at radius 2 is 1.79 bits per heavy atom. The molecule has 0 N–H and O–H groups in total. The Bertz CT molecular complexity index is 317. The van der Waals surface area contributed by atoms with Crippen molar-refractivity contribution in [1.29, 1.82) is 0 Å². The molecule has 0 aliphatic carbocycles. The minimum absolute atomic E-state index is 0.396. The van der Waals surface area contributed by atoms with Crippen LogP contribution in [0.5, 0.6) is 0 Å². The normalized spacial score (nSPS) is 16.9. The SMILES string of the molecule is COC1CN(c2cc(Br)cc(Br)c2)C1. The smallest absolute Gasteiger partial charge is 0.0920 e. The Balaban J connectivity index is 2.10. The highest BCUT2D eigenvalue weighted by atomic mass is 79.9. The molecule has 0 unspecified atom stereocenters. The summed E-state index contributed by atoms with van der Waals surface area (Å²) in [5.41, 5.74) is 1.24. The summed E-state index contributed by atoms with van der Waals surface area (Å²) in [5.74, 6) is 0. The molecule has 1 aromatic carbocycles. The molecule has 0 amide bonds. The van der Waals surface area contributed by atoms with E-state index in [1.54, 1.807) is 7.11 Å². The summed E-state index contributed by atoms with van der Waals surface area (Å²) in [6, 6.07) is 6.28. The maximum absolute atomic E-state index is 5.23. The summed E-state index contributed by atoms with van der Waals surface area (Å²) in [6.07, 6.45) is 0.396. The largest absolute Gasteiger partial charge is 0.378 e. The number of benzene rings is 1. The first-order valence-electron chi connectivity index (χ1n) is 4.43. The quantitative estimate of drug-likeness (QED) is 0.830. The Morgan fingerprint density at radius 1 is 1.21 bits per heavy atom. The molecule has 0 saturated carbocycles. The van der Waals surface area contributed by atoms with Gasteiger partial charge >= 0.3 is 0 Å². The maximum Gasteiger partial charge on any atom is 0.0920 e. The number of halogens is 2. The van der Waals surface area contributed by atoms with Gasteiger partial charge in [0.15, 0.2) is 0 Å². The fourth-order valence-corrected chi connectivity index (χ4v) is 2.79. The first kappa shape index (κ1) is 10.5. The molecule has 1 aliphatic rings. The average Bonchev–Trinajstić information content (AvgIpc) is 2.00. The van der Waals surface area contributed by atoms with Gasteiger partial charge in [-0.25, -0.2) is 0 Å². The zero-order chi connectivity index (χ0) is 10.1. The van der Waals surface area contributed by atoms with Gasteiger partial charge in [0.1, 0.15) is 0 Å². The van der Waals surface area contributed by atoms with Crippen LogP contribution in [0.1, 0.15) is 0 Å². The van der Waals surface area contributed by atoms with Crippen molar-refractivity contribution in [2.75, 3.05) is 25.1 Å². The van der Waals surface area contributed by atoms with E-state index in [9.17, 15) is 0 Å². The van der Waals surface area contributed by atoms with Crippen LogP contribution in [-0.2, 0) is 4.74 Å². The number of nitrogens with zero attached hydrogens (tertiary/aromatic N) is 1. The predicted molar refractivity (Wildman–Crippen MR) is 64.9 cm³/mol. The lowest BCUT2D eigenvalue weighted by Gasteiger charge is -2.40. The van der Waals surface area contributed by atoms with Gasteiger partial charge < -0.3 is 9.64 Å². The van der Waals surface area contributed by atoms with E-state index in [4.69, 9.17) is 4.74 Å². The number of ether oxygens (including phenoxy) is 1. The summed E-state index contributed by atoms with van der Waals surface area (Å²) in [6.45, 7) is 1.97. The van der Waals surface area contributed by atoms with Crippen molar-refractivity contribution in [1.82, 2.24) is 0 Å². The lowest BCUT2D eigenvalue weighted by atomic mass is 10.1. The molecular formula is C10H11Br2NO. The topological polar surface area (TPSA) is 12.5 Å². The number of rotatable bonds is 2. The van der Waals surface area contributed by atoms with Gasteiger partial charge in [0.05, 0.1) is 6.10 Å². The third-order valence-electron chi connectivity index (χ3n) is 2.39. The van der Waals surface area contributed by atoms with Crippen LogP contribution in [-0.4, -0.2) is 26.3 Å². The molecular weight excluding hydrogens is 310 g/mol. The summed E-state index contributed by atoms with van der Waals surface area (Å²) < 4.78 is 7.43. The van der Waals surface area contributed by atoms with Gasteiger partial charge in [0, 0.05) is 34.8 Å². The second-order valence-electron chi connectivity index (χ2n) is 3.39. The van der Waals surface area contributed by atoms with E-state index >= 15 is 0 Å². The lowest BCUT2D eigenvalue weighted by molar-refractivity contribution is 0.0787. The number of methoxy groups -OCH3 is 1. The second-order valence-corrected chi connectivity index (χ2v) is 5.22. The molecule has 14 heavy (non-hydrogen) atoms. The molecule has 1 aromatic rings. The molecule has 4 heteroatoms. The monoisotopic (exact) mass is 319 g/mol. The van der Waals surface area contributed by atoms with Crippen LogP contribution in [0, 0.1) is 0 Å². The second kappa shape index (κ2) is 4.21. The Morgan fingerprint density at radius 3 is 2.29 bits per heavy atom. The molecule has 0 atom stereocenters. The van der Waals surface area contributed by atoms with Crippen LogP contribution >= 0.6 is 31.9 Å². The molecule has 0 aromatic heterocycles. The maximum atomic E-state index is 5.23. The fraction of sp³-hybridized carbons (Fsp3) is 0.400. The highest BCUT2D eigenvalue weighted by molar-refractivity contribution is 9.11. The van der Waals surface area contributed by atoms with E-state index < -0.39 is 0 Å². The highest BCUT2D eigenvalue weighted by Crippen LogP contribution is 2.29. The molecule has 1 heterocycles. The van der Waals surface area contributed by atoms with Crippen molar-refractivity contribution in [3.63, 3.8) is 0 Å². The van der Waals surface area contributed by atoms with Crippen LogP contribution in [0.3, 0.4) is 0 Å². The summed E-state index contributed by atoms with van der Waals surface area (Å²) >= 11 is 6.96. The average molecular weight is 321 g/mol. The molecule has 76 valence electrons. The van der Waals surface area contributed by atoms with Crippen molar-refractivity contribution in [3.8, 4) is 0 Å². The van der Waals surface area contributed by atoms with E-state index in [0.29, 0.717) is 6.10 Å². The van der Waals surface area contributed by atoms with Crippen molar-refractivity contribution >= 4 is 37.5 Å².